The number of hydrogen-bond donors (Lipinski definition) is 1. The number of carbonyl (C=O) groups excluding carboxylic acids is 1. The van der Waals surface area contributed by atoms with Crippen molar-refractivity contribution in [3.63, 3.8) is 0 Å². The van der Waals surface area contributed by atoms with Gasteiger partial charge in [-0.25, -0.2) is 8.42 Å². The van der Waals surface area contributed by atoms with Crippen molar-refractivity contribution < 1.29 is 13.2 Å². The zero-order valence-corrected chi connectivity index (χ0v) is 16.3. The van der Waals surface area contributed by atoms with Gasteiger partial charge in [-0.15, -0.1) is 0 Å². The average Bonchev–Trinajstić information content (AvgIpc) is 2.61. The quantitative estimate of drug-likeness (QED) is 0.694. The van der Waals surface area contributed by atoms with Gasteiger partial charge in [0.2, 0.25) is 15.9 Å². The minimum atomic E-state index is -3.73. The molecule has 1 aromatic carbocycles. The van der Waals surface area contributed by atoms with E-state index in [1.54, 1.807) is 12.1 Å². The van der Waals surface area contributed by atoms with E-state index in [1.165, 1.54) is 16.4 Å². The van der Waals surface area contributed by atoms with E-state index < -0.39 is 10.0 Å². The molecule has 1 aromatic rings. The molecule has 0 heterocycles. The van der Waals surface area contributed by atoms with E-state index in [0.29, 0.717) is 11.6 Å². The monoisotopic (exact) mass is 386 g/mol. The largest absolute Gasteiger partial charge is 0.355 e. The van der Waals surface area contributed by atoms with Gasteiger partial charge < -0.3 is 5.32 Å². The molecule has 0 radical (unpaired) electrons. The summed E-state index contributed by atoms with van der Waals surface area (Å²) in [5.74, 6) is -0.239. The third-order valence-corrected chi connectivity index (χ3v) is 6.72. The molecular weight excluding hydrogens is 360 g/mol. The Labute approximate surface area is 155 Å². The summed E-state index contributed by atoms with van der Waals surface area (Å²) in [5, 5.41) is 3.31. The van der Waals surface area contributed by atoms with Crippen molar-refractivity contribution in [1.82, 2.24) is 9.62 Å². The molecule has 1 fully saturated rings. The van der Waals surface area contributed by atoms with Crippen LogP contribution < -0.4 is 5.32 Å². The second-order valence-electron chi connectivity index (χ2n) is 6.50. The van der Waals surface area contributed by atoms with Gasteiger partial charge in [0, 0.05) is 17.6 Å². The molecule has 1 N–H and O–H groups in total. The number of halogens is 1. The van der Waals surface area contributed by atoms with Crippen LogP contribution in [0.3, 0.4) is 0 Å². The van der Waals surface area contributed by atoms with Crippen LogP contribution in [-0.4, -0.2) is 37.8 Å². The molecule has 7 heteroatoms. The van der Waals surface area contributed by atoms with E-state index in [4.69, 9.17) is 11.6 Å². The van der Waals surface area contributed by atoms with Gasteiger partial charge in [-0.2, -0.15) is 4.31 Å². The molecule has 1 aliphatic carbocycles. The van der Waals surface area contributed by atoms with Crippen LogP contribution in [-0.2, 0) is 14.8 Å². The molecule has 25 heavy (non-hydrogen) atoms. The number of benzene rings is 1. The van der Waals surface area contributed by atoms with Crippen LogP contribution in [0.15, 0.2) is 29.2 Å². The van der Waals surface area contributed by atoms with Crippen molar-refractivity contribution in [2.45, 2.75) is 62.8 Å². The molecule has 0 unspecified atom stereocenters. The van der Waals surface area contributed by atoms with Crippen LogP contribution in [0, 0.1) is 0 Å². The van der Waals surface area contributed by atoms with Gasteiger partial charge in [0.05, 0.1) is 11.4 Å². The molecule has 1 saturated carbocycles. The molecule has 0 saturated heterocycles. The fraction of sp³-hybridized carbons (Fsp3) is 0.611. The number of hydrogen-bond acceptors (Lipinski definition) is 3. The lowest BCUT2D eigenvalue weighted by atomic mass is 9.95. The number of nitrogens with one attached hydrogen (secondary N) is 1. The lowest BCUT2D eigenvalue weighted by Gasteiger charge is -2.33. The fourth-order valence-electron chi connectivity index (χ4n) is 3.12. The highest BCUT2D eigenvalue weighted by Gasteiger charge is 2.33. The van der Waals surface area contributed by atoms with Gasteiger partial charge in [0.25, 0.3) is 0 Å². The van der Waals surface area contributed by atoms with Gasteiger partial charge in [0.15, 0.2) is 0 Å². The number of amides is 1. The number of sulfonamides is 1. The molecular formula is C18H27ClN2O3S. The highest BCUT2D eigenvalue weighted by atomic mass is 35.5. The number of rotatable bonds is 8. The van der Waals surface area contributed by atoms with Gasteiger partial charge in [-0.1, -0.05) is 44.2 Å². The standard InChI is InChI=1S/C18H27ClN2O3S/c1-2-3-13-20-18(22)14-21(16-7-5-4-6-8-16)25(23,24)17-11-9-15(19)10-12-17/h9-12,16H,2-8,13-14H2,1H3,(H,20,22). The van der Waals surface area contributed by atoms with Crippen LogP contribution in [0.25, 0.3) is 0 Å². The van der Waals surface area contributed by atoms with Gasteiger partial charge in [0.1, 0.15) is 0 Å². The smallest absolute Gasteiger partial charge is 0.243 e. The van der Waals surface area contributed by atoms with Crippen molar-refractivity contribution in [2.75, 3.05) is 13.1 Å². The van der Waals surface area contributed by atoms with Crippen molar-refractivity contribution in [3.05, 3.63) is 29.3 Å². The summed E-state index contributed by atoms with van der Waals surface area (Å²) in [6.45, 7) is 2.50. The zero-order valence-electron chi connectivity index (χ0n) is 14.7. The second-order valence-corrected chi connectivity index (χ2v) is 8.83. The summed E-state index contributed by atoms with van der Waals surface area (Å²) in [5.41, 5.74) is 0. The predicted octanol–water partition coefficient (Wildman–Crippen LogP) is 3.58. The maximum atomic E-state index is 13.1. The highest BCUT2D eigenvalue weighted by Crippen LogP contribution is 2.28. The van der Waals surface area contributed by atoms with E-state index in [2.05, 4.69) is 5.32 Å². The van der Waals surface area contributed by atoms with Crippen LogP contribution in [0.5, 0.6) is 0 Å². The molecule has 0 aromatic heterocycles. The van der Waals surface area contributed by atoms with E-state index in [-0.39, 0.29) is 23.4 Å². The Balaban J connectivity index is 2.20. The first kappa shape index (κ1) is 20.2. The lowest BCUT2D eigenvalue weighted by Crippen LogP contribution is -2.47. The van der Waals surface area contributed by atoms with E-state index in [1.807, 2.05) is 6.92 Å². The summed E-state index contributed by atoms with van der Waals surface area (Å²) >= 11 is 5.87. The third-order valence-electron chi connectivity index (χ3n) is 4.55. The first-order chi connectivity index (χ1) is 11.9. The Bertz CT molecular complexity index is 655. The first-order valence-electron chi connectivity index (χ1n) is 8.99. The second kappa shape index (κ2) is 9.55. The Morgan fingerprint density at radius 1 is 1.20 bits per heavy atom. The fourth-order valence-corrected chi connectivity index (χ4v) is 4.89. The highest BCUT2D eigenvalue weighted by molar-refractivity contribution is 7.89. The topological polar surface area (TPSA) is 66.5 Å². The third kappa shape index (κ3) is 5.69. The van der Waals surface area contributed by atoms with Crippen LogP contribution in [0.2, 0.25) is 5.02 Å². The molecule has 1 amide bonds. The first-order valence-corrected chi connectivity index (χ1v) is 10.8. The van der Waals surface area contributed by atoms with E-state index >= 15 is 0 Å². The van der Waals surface area contributed by atoms with Crippen molar-refractivity contribution in [3.8, 4) is 0 Å². The predicted molar refractivity (Wildman–Crippen MR) is 100 cm³/mol. The maximum Gasteiger partial charge on any atom is 0.243 e. The summed E-state index contributed by atoms with van der Waals surface area (Å²) in [6.07, 6.45) is 6.58. The van der Waals surface area contributed by atoms with Crippen molar-refractivity contribution in [2.24, 2.45) is 0 Å². The molecule has 0 spiro atoms. The molecule has 0 aliphatic heterocycles. The molecule has 0 atom stereocenters. The van der Waals surface area contributed by atoms with Gasteiger partial charge >= 0.3 is 0 Å². The average molecular weight is 387 g/mol. The molecule has 5 nitrogen and oxygen atoms in total. The van der Waals surface area contributed by atoms with Gasteiger partial charge in [-0.3, -0.25) is 4.79 Å². The Morgan fingerprint density at radius 3 is 2.44 bits per heavy atom. The SMILES string of the molecule is CCCCNC(=O)CN(C1CCCCC1)S(=O)(=O)c1ccc(Cl)cc1. The number of carbonyl (C=O) groups is 1. The minimum absolute atomic E-state index is 0.119. The Hall–Kier alpha value is -1.11. The van der Waals surface area contributed by atoms with E-state index in [0.717, 1.165) is 44.9 Å². The summed E-state index contributed by atoms with van der Waals surface area (Å²) in [4.78, 5) is 12.4. The van der Waals surface area contributed by atoms with Crippen molar-refractivity contribution >= 4 is 27.5 Å². The summed E-state index contributed by atoms with van der Waals surface area (Å²) in [6, 6.07) is 6.01. The molecule has 2 rings (SSSR count). The number of nitrogens with zero attached hydrogens (tertiary/aromatic N) is 1. The molecule has 1 aliphatic rings. The Morgan fingerprint density at radius 2 is 1.84 bits per heavy atom. The van der Waals surface area contributed by atoms with Crippen LogP contribution in [0.4, 0.5) is 0 Å². The van der Waals surface area contributed by atoms with Crippen LogP contribution in [0.1, 0.15) is 51.9 Å². The molecule has 140 valence electrons. The normalized spacial score (nSPS) is 16.1. The van der Waals surface area contributed by atoms with Crippen LogP contribution >= 0.6 is 11.6 Å². The Kier molecular flexibility index (Phi) is 7.72. The summed E-state index contributed by atoms with van der Waals surface area (Å²) in [7, 11) is -3.73. The summed E-state index contributed by atoms with van der Waals surface area (Å²) < 4.78 is 27.6. The lowest BCUT2D eigenvalue weighted by molar-refractivity contribution is -0.121. The maximum absolute atomic E-state index is 13.1. The molecule has 0 bridgehead atoms. The number of unbranched alkanes of at least 4 members (excludes halogenated alkanes) is 1. The van der Waals surface area contributed by atoms with Gasteiger partial charge in [-0.05, 0) is 43.5 Å². The van der Waals surface area contributed by atoms with Crippen molar-refractivity contribution in [1.29, 1.82) is 0 Å². The van der Waals surface area contributed by atoms with E-state index in [9.17, 15) is 13.2 Å². The minimum Gasteiger partial charge on any atom is -0.355 e. The zero-order chi connectivity index (χ0) is 18.3.